The lowest BCUT2D eigenvalue weighted by Crippen LogP contribution is -2.19. The van der Waals surface area contributed by atoms with E-state index in [1.54, 1.807) is 18.0 Å². The van der Waals surface area contributed by atoms with E-state index in [0.29, 0.717) is 10.1 Å². The predicted octanol–water partition coefficient (Wildman–Crippen LogP) is 4.85. The van der Waals surface area contributed by atoms with Crippen molar-refractivity contribution in [2.45, 2.75) is 4.90 Å². The van der Waals surface area contributed by atoms with E-state index in [4.69, 9.17) is 0 Å². The highest BCUT2D eigenvalue weighted by molar-refractivity contribution is 8.18. The Hall–Kier alpha value is -2.57. The fourth-order valence-electron chi connectivity index (χ4n) is 2.65. The topological polar surface area (TPSA) is 54.4 Å². The maximum atomic E-state index is 12.3. The predicted molar refractivity (Wildman–Crippen MR) is 111 cm³/mol. The van der Waals surface area contributed by atoms with Crippen molar-refractivity contribution in [2.24, 2.45) is 4.99 Å². The molecule has 26 heavy (non-hydrogen) atoms. The molecule has 1 aliphatic heterocycles. The molecule has 4 nitrogen and oxygen atoms in total. The summed E-state index contributed by atoms with van der Waals surface area (Å²) in [6.45, 7) is 0. The minimum atomic E-state index is -0.123. The number of nitrogens with one attached hydrogen (secondary N) is 1. The Morgan fingerprint density at radius 1 is 1.15 bits per heavy atom. The van der Waals surface area contributed by atoms with Crippen molar-refractivity contribution < 1.29 is 4.79 Å². The zero-order valence-corrected chi connectivity index (χ0v) is 15.6. The van der Waals surface area contributed by atoms with Gasteiger partial charge in [0.05, 0.1) is 16.1 Å². The molecular weight excluding hydrogens is 362 g/mol. The lowest BCUT2D eigenvalue weighted by atomic mass is 10.1. The first kappa shape index (κ1) is 16.9. The SMILES string of the molecule is CSc1ccccc1N=C1NC(=O)C(=Cc2ccc3ncccc3c2)S1. The molecule has 0 radical (unpaired) electrons. The smallest absolute Gasteiger partial charge is 0.264 e. The van der Waals surface area contributed by atoms with Crippen LogP contribution in [0.15, 0.2) is 75.6 Å². The number of carbonyl (C=O) groups is 1. The normalized spacial score (nSPS) is 17.2. The summed E-state index contributed by atoms with van der Waals surface area (Å²) in [7, 11) is 0. The van der Waals surface area contributed by atoms with Gasteiger partial charge in [0.25, 0.3) is 5.91 Å². The highest BCUT2D eigenvalue weighted by atomic mass is 32.2. The van der Waals surface area contributed by atoms with E-state index in [0.717, 1.165) is 27.0 Å². The third-order valence-electron chi connectivity index (χ3n) is 3.88. The molecule has 4 rings (SSSR count). The second-order valence-electron chi connectivity index (χ2n) is 5.61. The minimum absolute atomic E-state index is 0.123. The Balaban J connectivity index is 1.62. The molecular formula is C20H15N3OS2. The van der Waals surface area contributed by atoms with Gasteiger partial charge < -0.3 is 5.32 Å². The standard InChI is InChI=1S/C20H15N3OS2/c1-25-17-7-3-2-6-16(17)22-20-23-19(24)18(26-20)12-13-8-9-15-14(11-13)5-4-10-21-15/h2-12H,1H3,(H,22,23,24). The van der Waals surface area contributed by atoms with Crippen LogP contribution in [0.25, 0.3) is 17.0 Å². The van der Waals surface area contributed by atoms with Crippen LogP contribution in [0.2, 0.25) is 0 Å². The summed E-state index contributed by atoms with van der Waals surface area (Å²) in [4.78, 5) is 22.9. The summed E-state index contributed by atoms with van der Waals surface area (Å²) in [5, 5.41) is 4.50. The minimum Gasteiger partial charge on any atom is -0.300 e. The highest BCUT2D eigenvalue weighted by Gasteiger charge is 2.24. The van der Waals surface area contributed by atoms with Crippen molar-refractivity contribution in [2.75, 3.05) is 6.26 Å². The van der Waals surface area contributed by atoms with Gasteiger partial charge in [-0.05, 0) is 60.0 Å². The number of para-hydroxylation sites is 1. The van der Waals surface area contributed by atoms with Crippen molar-refractivity contribution in [3.8, 4) is 0 Å². The van der Waals surface area contributed by atoms with Crippen molar-refractivity contribution in [1.82, 2.24) is 10.3 Å². The average molecular weight is 377 g/mol. The molecule has 2 aromatic carbocycles. The van der Waals surface area contributed by atoms with Crippen LogP contribution >= 0.6 is 23.5 Å². The molecule has 0 spiro atoms. The van der Waals surface area contributed by atoms with Gasteiger partial charge >= 0.3 is 0 Å². The lowest BCUT2D eigenvalue weighted by Gasteiger charge is -2.02. The van der Waals surface area contributed by atoms with Crippen molar-refractivity contribution in [3.05, 3.63) is 71.3 Å². The second kappa shape index (κ2) is 7.35. The molecule has 0 bridgehead atoms. The molecule has 128 valence electrons. The third kappa shape index (κ3) is 3.52. The summed E-state index contributed by atoms with van der Waals surface area (Å²) in [6, 6.07) is 17.8. The number of pyridine rings is 1. The van der Waals surface area contributed by atoms with Crippen LogP contribution in [0, 0.1) is 0 Å². The molecule has 1 aliphatic rings. The quantitative estimate of drug-likeness (QED) is 0.524. The van der Waals surface area contributed by atoms with E-state index in [1.165, 1.54) is 11.8 Å². The molecule has 0 atom stereocenters. The summed E-state index contributed by atoms with van der Waals surface area (Å²) in [6.07, 6.45) is 5.67. The third-order valence-corrected chi connectivity index (χ3v) is 5.58. The van der Waals surface area contributed by atoms with Crippen LogP contribution in [0.3, 0.4) is 0 Å². The molecule has 0 aliphatic carbocycles. The Kier molecular flexibility index (Phi) is 4.77. The zero-order chi connectivity index (χ0) is 17.9. The molecule has 2 heterocycles. The van der Waals surface area contributed by atoms with Crippen LogP contribution in [0.4, 0.5) is 5.69 Å². The van der Waals surface area contributed by atoms with Crippen LogP contribution in [0.1, 0.15) is 5.56 Å². The first-order chi connectivity index (χ1) is 12.7. The first-order valence-electron chi connectivity index (χ1n) is 8.00. The van der Waals surface area contributed by atoms with Crippen LogP contribution in [-0.2, 0) is 4.79 Å². The van der Waals surface area contributed by atoms with Crippen LogP contribution < -0.4 is 5.32 Å². The highest BCUT2D eigenvalue weighted by Crippen LogP contribution is 2.32. The monoisotopic (exact) mass is 377 g/mol. The van der Waals surface area contributed by atoms with E-state index in [2.05, 4.69) is 15.3 Å². The first-order valence-corrected chi connectivity index (χ1v) is 10.0. The zero-order valence-electron chi connectivity index (χ0n) is 14.0. The molecule has 0 saturated carbocycles. The Morgan fingerprint density at radius 2 is 2.04 bits per heavy atom. The fraction of sp³-hybridized carbons (Fsp3) is 0.0500. The number of hydrogen-bond donors (Lipinski definition) is 1. The number of amides is 1. The molecule has 1 saturated heterocycles. The molecule has 6 heteroatoms. The van der Waals surface area contributed by atoms with E-state index in [9.17, 15) is 4.79 Å². The second-order valence-corrected chi connectivity index (χ2v) is 7.49. The lowest BCUT2D eigenvalue weighted by molar-refractivity contribution is -0.115. The number of nitrogens with zero attached hydrogens (tertiary/aromatic N) is 2. The summed E-state index contributed by atoms with van der Waals surface area (Å²) in [5.74, 6) is -0.123. The van der Waals surface area contributed by atoms with Crippen LogP contribution in [-0.4, -0.2) is 22.3 Å². The number of aromatic nitrogens is 1. The van der Waals surface area contributed by atoms with Gasteiger partial charge in [-0.25, -0.2) is 4.99 Å². The van der Waals surface area contributed by atoms with Crippen molar-refractivity contribution in [1.29, 1.82) is 0 Å². The maximum Gasteiger partial charge on any atom is 0.264 e. The Labute approximate surface area is 159 Å². The van der Waals surface area contributed by atoms with Gasteiger partial charge in [0.1, 0.15) is 0 Å². The molecule has 1 amide bonds. The number of rotatable bonds is 3. The number of hydrogen-bond acceptors (Lipinski definition) is 5. The van der Waals surface area contributed by atoms with Gasteiger partial charge in [0.2, 0.25) is 0 Å². The number of aliphatic imine (C=N–C) groups is 1. The number of benzene rings is 2. The summed E-state index contributed by atoms with van der Waals surface area (Å²) < 4.78 is 0. The average Bonchev–Trinajstić information content (AvgIpc) is 3.01. The van der Waals surface area contributed by atoms with Gasteiger partial charge in [-0.15, -0.1) is 11.8 Å². The summed E-state index contributed by atoms with van der Waals surface area (Å²) in [5.41, 5.74) is 2.77. The largest absolute Gasteiger partial charge is 0.300 e. The Morgan fingerprint density at radius 3 is 2.92 bits per heavy atom. The van der Waals surface area contributed by atoms with Crippen molar-refractivity contribution in [3.63, 3.8) is 0 Å². The van der Waals surface area contributed by atoms with Crippen molar-refractivity contribution >= 4 is 57.3 Å². The van der Waals surface area contributed by atoms with E-state index < -0.39 is 0 Å². The van der Waals surface area contributed by atoms with Gasteiger partial charge in [-0.3, -0.25) is 9.78 Å². The number of fused-ring (bicyclic) bond motifs is 1. The van der Waals surface area contributed by atoms with Gasteiger partial charge in [0, 0.05) is 16.5 Å². The fourth-order valence-corrected chi connectivity index (χ4v) is 4.02. The number of thioether (sulfide) groups is 2. The molecule has 0 unspecified atom stereocenters. The van der Waals surface area contributed by atoms with Gasteiger partial charge in [0.15, 0.2) is 5.17 Å². The molecule has 3 aromatic rings. The van der Waals surface area contributed by atoms with Gasteiger partial charge in [-0.2, -0.15) is 0 Å². The Bertz CT molecular complexity index is 1060. The summed E-state index contributed by atoms with van der Waals surface area (Å²) >= 11 is 2.99. The maximum absolute atomic E-state index is 12.3. The van der Waals surface area contributed by atoms with Crippen LogP contribution in [0.5, 0.6) is 0 Å². The van der Waals surface area contributed by atoms with Gasteiger partial charge in [-0.1, -0.05) is 24.3 Å². The number of carbonyl (C=O) groups excluding carboxylic acids is 1. The number of amidine groups is 1. The molecule has 1 aromatic heterocycles. The molecule has 1 N–H and O–H groups in total. The van der Waals surface area contributed by atoms with E-state index in [-0.39, 0.29) is 5.91 Å². The van der Waals surface area contributed by atoms with E-state index >= 15 is 0 Å². The molecule has 1 fully saturated rings. The van der Waals surface area contributed by atoms with E-state index in [1.807, 2.05) is 66.9 Å².